The van der Waals surface area contributed by atoms with Gasteiger partial charge in [-0.25, -0.2) is 9.97 Å². The van der Waals surface area contributed by atoms with Gasteiger partial charge < -0.3 is 20.5 Å². The fourth-order valence-electron chi connectivity index (χ4n) is 2.46. The number of pyridine rings is 2. The van der Waals surface area contributed by atoms with Crippen LogP contribution in [0.4, 0.5) is 24.1 Å². The summed E-state index contributed by atoms with van der Waals surface area (Å²) in [5.41, 5.74) is 4.67. The molecule has 0 saturated carbocycles. The van der Waals surface area contributed by atoms with Crippen LogP contribution in [0.3, 0.4) is 0 Å². The molecule has 0 fully saturated rings. The zero-order chi connectivity index (χ0) is 22.8. The Morgan fingerprint density at radius 3 is 2.58 bits per heavy atom. The summed E-state index contributed by atoms with van der Waals surface area (Å²) >= 11 is 0.799. The summed E-state index contributed by atoms with van der Waals surface area (Å²) in [4.78, 5) is 23.8. The molecule has 3 aromatic heterocycles. The molecule has 1 amide bonds. The maximum absolute atomic E-state index is 13.4. The topological polar surface area (TPSA) is 125 Å². The quantitative estimate of drug-likeness (QED) is 0.554. The molecule has 0 atom stereocenters. The Balaban J connectivity index is 1.91. The lowest BCUT2D eigenvalue weighted by molar-refractivity contribution is -0.137. The minimum Gasteiger partial charge on any atom is -0.495 e. The van der Waals surface area contributed by atoms with Crippen molar-refractivity contribution in [3.05, 3.63) is 35.7 Å². The van der Waals surface area contributed by atoms with E-state index in [-0.39, 0.29) is 39.8 Å². The smallest absolute Gasteiger partial charge is 0.420 e. The number of carbonyl (C=O) groups excluding carboxylic acids is 1. The Labute approximate surface area is 178 Å². The number of anilines is 2. The van der Waals surface area contributed by atoms with Crippen molar-refractivity contribution in [3.63, 3.8) is 0 Å². The SMILES string of the molecule is COc1cnc(Nc2nc(-c3cc(C(N)=O)c(OC(C)C)cn3)ns2)c(C(F)(F)F)c1. The molecule has 0 bridgehead atoms. The molecule has 0 radical (unpaired) electrons. The van der Waals surface area contributed by atoms with Crippen LogP contribution < -0.4 is 20.5 Å². The second-order valence-electron chi connectivity index (χ2n) is 6.41. The molecule has 3 rings (SSSR count). The van der Waals surface area contributed by atoms with Crippen molar-refractivity contribution in [2.75, 3.05) is 12.4 Å². The van der Waals surface area contributed by atoms with E-state index in [0.29, 0.717) is 0 Å². The second-order valence-corrected chi connectivity index (χ2v) is 7.17. The molecular weight excluding hydrogens is 437 g/mol. The minimum atomic E-state index is -4.67. The molecule has 0 spiro atoms. The maximum Gasteiger partial charge on any atom is 0.420 e. The van der Waals surface area contributed by atoms with Gasteiger partial charge in [0.1, 0.15) is 22.8 Å². The number of nitrogens with zero attached hydrogens (tertiary/aromatic N) is 4. The first-order valence-electron chi connectivity index (χ1n) is 8.77. The zero-order valence-electron chi connectivity index (χ0n) is 16.5. The van der Waals surface area contributed by atoms with Crippen LogP contribution >= 0.6 is 11.5 Å². The number of rotatable bonds is 7. The molecule has 3 N–H and O–H groups in total. The van der Waals surface area contributed by atoms with Gasteiger partial charge in [0.05, 0.1) is 31.2 Å². The zero-order valence-corrected chi connectivity index (χ0v) is 17.3. The second kappa shape index (κ2) is 8.71. The lowest BCUT2D eigenvalue weighted by Gasteiger charge is -2.13. The van der Waals surface area contributed by atoms with E-state index in [4.69, 9.17) is 15.2 Å². The van der Waals surface area contributed by atoms with Crippen LogP contribution in [0.5, 0.6) is 11.5 Å². The number of primary amides is 1. The molecule has 3 heterocycles. The van der Waals surface area contributed by atoms with E-state index in [9.17, 15) is 18.0 Å². The number of aromatic nitrogens is 4. The number of ether oxygens (including phenoxy) is 2. The van der Waals surface area contributed by atoms with Gasteiger partial charge in [0.25, 0.3) is 5.91 Å². The van der Waals surface area contributed by atoms with E-state index in [1.165, 1.54) is 19.4 Å². The van der Waals surface area contributed by atoms with Crippen molar-refractivity contribution in [3.8, 4) is 23.0 Å². The monoisotopic (exact) mass is 454 g/mol. The number of nitrogens with one attached hydrogen (secondary N) is 1. The van der Waals surface area contributed by atoms with Crippen molar-refractivity contribution in [2.45, 2.75) is 26.1 Å². The largest absolute Gasteiger partial charge is 0.495 e. The molecule has 164 valence electrons. The number of alkyl halides is 3. The summed E-state index contributed by atoms with van der Waals surface area (Å²) in [6.45, 7) is 3.56. The van der Waals surface area contributed by atoms with Crippen molar-refractivity contribution >= 4 is 28.4 Å². The van der Waals surface area contributed by atoms with E-state index >= 15 is 0 Å². The first-order chi connectivity index (χ1) is 14.6. The standard InChI is InChI=1S/C18H17F3N6O3S/c1-8(2)30-13-7-23-12(5-10(13)14(22)28)16-26-17(31-27-16)25-15-11(18(19,20)21)4-9(29-3)6-24-15/h4-8H,1-3H3,(H2,22,28)(H,24,25,26,27). The normalized spacial score (nSPS) is 11.5. The summed E-state index contributed by atoms with van der Waals surface area (Å²) in [5, 5.41) is 2.55. The summed E-state index contributed by atoms with van der Waals surface area (Å²) in [6.07, 6.45) is -2.41. The minimum absolute atomic E-state index is 0.0392. The molecule has 0 aromatic carbocycles. The lowest BCUT2D eigenvalue weighted by Crippen LogP contribution is -2.16. The Morgan fingerprint density at radius 1 is 1.23 bits per heavy atom. The van der Waals surface area contributed by atoms with Gasteiger partial charge in [-0.05, 0) is 26.0 Å². The molecular formula is C18H17F3N6O3S. The molecule has 31 heavy (non-hydrogen) atoms. The van der Waals surface area contributed by atoms with E-state index in [2.05, 4.69) is 24.6 Å². The van der Waals surface area contributed by atoms with E-state index in [1.54, 1.807) is 13.8 Å². The Bertz CT molecular complexity index is 1100. The third kappa shape index (κ3) is 5.17. The van der Waals surface area contributed by atoms with Crippen LogP contribution in [0.15, 0.2) is 24.5 Å². The van der Waals surface area contributed by atoms with Crippen molar-refractivity contribution in [1.82, 2.24) is 19.3 Å². The average molecular weight is 454 g/mol. The first kappa shape index (κ1) is 22.2. The van der Waals surface area contributed by atoms with Gasteiger partial charge in [-0.2, -0.15) is 22.5 Å². The third-order valence-corrected chi connectivity index (χ3v) is 4.41. The summed E-state index contributed by atoms with van der Waals surface area (Å²) in [7, 11) is 1.24. The molecule has 3 aromatic rings. The number of carbonyl (C=O) groups is 1. The van der Waals surface area contributed by atoms with Gasteiger partial charge in [-0.15, -0.1) is 0 Å². The Morgan fingerprint density at radius 2 is 1.97 bits per heavy atom. The van der Waals surface area contributed by atoms with Gasteiger partial charge in [0.15, 0.2) is 11.6 Å². The predicted octanol–water partition coefficient (Wildman–Crippen LogP) is 3.65. The lowest BCUT2D eigenvalue weighted by atomic mass is 10.2. The highest BCUT2D eigenvalue weighted by Gasteiger charge is 2.35. The van der Waals surface area contributed by atoms with Gasteiger partial charge in [-0.1, -0.05) is 0 Å². The van der Waals surface area contributed by atoms with Crippen molar-refractivity contribution < 1.29 is 27.4 Å². The van der Waals surface area contributed by atoms with Crippen LogP contribution in [-0.4, -0.2) is 38.4 Å². The predicted molar refractivity (Wildman–Crippen MR) is 106 cm³/mol. The molecule has 0 aliphatic carbocycles. The highest BCUT2D eigenvalue weighted by atomic mass is 32.1. The summed E-state index contributed by atoms with van der Waals surface area (Å²) < 4.78 is 54.5. The highest BCUT2D eigenvalue weighted by molar-refractivity contribution is 7.09. The van der Waals surface area contributed by atoms with Crippen LogP contribution in [0.1, 0.15) is 29.8 Å². The van der Waals surface area contributed by atoms with Gasteiger partial charge in [0, 0.05) is 11.5 Å². The molecule has 9 nitrogen and oxygen atoms in total. The third-order valence-electron chi connectivity index (χ3n) is 3.78. The first-order valence-corrected chi connectivity index (χ1v) is 9.54. The maximum atomic E-state index is 13.4. The van der Waals surface area contributed by atoms with Gasteiger partial charge >= 0.3 is 6.18 Å². The average Bonchev–Trinajstić information content (AvgIpc) is 3.15. The Hall–Kier alpha value is -3.48. The Kier molecular flexibility index (Phi) is 6.24. The van der Waals surface area contributed by atoms with E-state index in [0.717, 1.165) is 23.8 Å². The van der Waals surface area contributed by atoms with Crippen LogP contribution in [-0.2, 0) is 6.18 Å². The van der Waals surface area contributed by atoms with Crippen molar-refractivity contribution in [2.24, 2.45) is 5.73 Å². The van der Waals surface area contributed by atoms with Crippen LogP contribution in [0.25, 0.3) is 11.5 Å². The van der Waals surface area contributed by atoms with E-state index < -0.39 is 23.5 Å². The van der Waals surface area contributed by atoms with Crippen LogP contribution in [0, 0.1) is 0 Å². The number of hydrogen-bond acceptors (Lipinski definition) is 9. The molecule has 13 heteroatoms. The van der Waals surface area contributed by atoms with Crippen LogP contribution in [0.2, 0.25) is 0 Å². The summed E-state index contributed by atoms with van der Waals surface area (Å²) in [6, 6.07) is 2.18. The fourth-order valence-corrected chi connectivity index (χ4v) is 3.03. The van der Waals surface area contributed by atoms with Gasteiger partial charge in [0.2, 0.25) is 5.13 Å². The number of amides is 1. The molecule has 0 saturated heterocycles. The highest BCUT2D eigenvalue weighted by Crippen LogP contribution is 2.37. The number of halogens is 3. The van der Waals surface area contributed by atoms with Gasteiger partial charge in [-0.3, -0.25) is 4.79 Å². The molecule has 0 unspecified atom stereocenters. The molecule has 0 aliphatic heterocycles. The molecule has 0 aliphatic rings. The summed E-state index contributed by atoms with van der Waals surface area (Å²) in [5.74, 6) is -0.930. The number of hydrogen-bond donors (Lipinski definition) is 2. The number of methoxy groups -OCH3 is 1. The van der Waals surface area contributed by atoms with E-state index in [1.807, 2.05) is 0 Å². The van der Waals surface area contributed by atoms with Crippen molar-refractivity contribution in [1.29, 1.82) is 0 Å². The fraction of sp³-hybridized carbons (Fsp3) is 0.278. The number of nitrogens with two attached hydrogens (primary N) is 1.